The lowest BCUT2D eigenvalue weighted by molar-refractivity contribution is -0.121. The highest BCUT2D eigenvalue weighted by Crippen LogP contribution is 2.25. The van der Waals surface area contributed by atoms with Crippen LogP contribution in [0, 0.1) is 5.92 Å². The summed E-state index contributed by atoms with van der Waals surface area (Å²) in [6.07, 6.45) is 4.34. The van der Waals surface area contributed by atoms with Gasteiger partial charge in [-0.3, -0.25) is 4.79 Å². The van der Waals surface area contributed by atoms with Crippen molar-refractivity contribution >= 4 is 15.6 Å². The van der Waals surface area contributed by atoms with Gasteiger partial charge in [0.15, 0.2) is 9.84 Å². The van der Waals surface area contributed by atoms with E-state index < -0.39 is 9.84 Å². The molecular formula is C15H18O3S. The molecule has 2 aliphatic rings. The molecule has 0 bridgehead atoms. The van der Waals surface area contributed by atoms with Crippen LogP contribution in [-0.2, 0) is 33.9 Å². The normalized spacial score (nSPS) is 24.3. The second kappa shape index (κ2) is 4.75. The molecule has 1 aliphatic carbocycles. The molecule has 1 saturated heterocycles. The summed E-state index contributed by atoms with van der Waals surface area (Å²) in [5.41, 5.74) is 3.80. The number of carbonyl (C=O) groups excluding carboxylic acids is 1. The predicted octanol–water partition coefficient (Wildman–Crippen LogP) is 1.72. The van der Waals surface area contributed by atoms with E-state index in [0.717, 1.165) is 18.4 Å². The molecule has 3 nitrogen and oxygen atoms in total. The lowest BCUT2D eigenvalue weighted by Gasteiger charge is -2.08. The molecule has 1 unspecified atom stereocenters. The highest BCUT2D eigenvalue weighted by molar-refractivity contribution is 7.91. The fourth-order valence-electron chi connectivity index (χ4n) is 3.13. The van der Waals surface area contributed by atoms with Crippen molar-refractivity contribution in [3.8, 4) is 0 Å². The zero-order valence-corrected chi connectivity index (χ0v) is 11.7. The number of aryl methyl sites for hydroxylation is 2. The maximum absolute atomic E-state index is 12.1. The smallest absolute Gasteiger partial charge is 0.151 e. The van der Waals surface area contributed by atoms with E-state index in [-0.39, 0.29) is 23.2 Å². The molecule has 0 radical (unpaired) electrons. The summed E-state index contributed by atoms with van der Waals surface area (Å²) in [5, 5.41) is 0. The van der Waals surface area contributed by atoms with Gasteiger partial charge in [0.25, 0.3) is 0 Å². The highest BCUT2D eigenvalue weighted by Gasteiger charge is 2.32. The van der Waals surface area contributed by atoms with Gasteiger partial charge in [0, 0.05) is 12.3 Å². The van der Waals surface area contributed by atoms with E-state index in [0.29, 0.717) is 12.8 Å². The zero-order valence-electron chi connectivity index (χ0n) is 10.9. The van der Waals surface area contributed by atoms with E-state index in [1.165, 1.54) is 17.5 Å². The summed E-state index contributed by atoms with van der Waals surface area (Å²) in [6, 6.07) is 6.27. The zero-order chi connectivity index (χ0) is 13.5. The minimum absolute atomic E-state index is 0.0524. The Hall–Kier alpha value is -1.16. The minimum Gasteiger partial charge on any atom is -0.299 e. The van der Waals surface area contributed by atoms with Crippen molar-refractivity contribution in [1.29, 1.82) is 0 Å². The molecule has 1 aromatic rings. The molecule has 0 saturated carbocycles. The van der Waals surface area contributed by atoms with Gasteiger partial charge in [0.2, 0.25) is 0 Å². The third-order valence-corrected chi connectivity index (χ3v) is 6.00. The maximum Gasteiger partial charge on any atom is 0.151 e. The van der Waals surface area contributed by atoms with Crippen molar-refractivity contribution < 1.29 is 13.2 Å². The van der Waals surface area contributed by atoms with E-state index >= 15 is 0 Å². The largest absolute Gasteiger partial charge is 0.299 e. The fourth-order valence-corrected chi connectivity index (χ4v) is 4.91. The third kappa shape index (κ3) is 2.73. The summed E-state index contributed by atoms with van der Waals surface area (Å²) < 4.78 is 22.8. The average Bonchev–Trinajstić information content (AvgIpc) is 2.94. The van der Waals surface area contributed by atoms with E-state index in [2.05, 4.69) is 12.1 Å². The summed E-state index contributed by atoms with van der Waals surface area (Å²) in [6.45, 7) is 0. The summed E-state index contributed by atoms with van der Waals surface area (Å²) in [5.74, 6) is 0.0296. The van der Waals surface area contributed by atoms with Gasteiger partial charge in [-0.05, 0) is 42.4 Å². The van der Waals surface area contributed by atoms with Crippen LogP contribution in [0.1, 0.15) is 29.5 Å². The molecule has 19 heavy (non-hydrogen) atoms. The Morgan fingerprint density at radius 3 is 2.74 bits per heavy atom. The van der Waals surface area contributed by atoms with Crippen LogP contribution in [0.25, 0.3) is 0 Å². The second-order valence-electron chi connectivity index (χ2n) is 5.70. The summed E-state index contributed by atoms with van der Waals surface area (Å²) >= 11 is 0. The van der Waals surface area contributed by atoms with Crippen LogP contribution >= 0.6 is 0 Å². The van der Waals surface area contributed by atoms with Crippen molar-refractivity contribution in [3.63, 3.8) is 0 Å². The minimum atomic E-state index is -2.96. The van der Waals surface area contributed by atoms with E-state index in [9.17, 15) is 13.2 Å². The van der Waals surface area contributed by atoms with Gasteiger partial charge in [0.05, 0.1) is 11.5 Å². The number of hydrogen-bond donors (Lipinski definition) is 0. The van der Waals surface area contributed by atoms with Gasteiger partial charge in [-0.25, -0.2) is 8.42 Å². The molecule has 1 heterocycles. The number of ketones is 1. The number of rotatable bonds is 3. The summed E-state index contributed by atoms with van der Waals surface area (Å²) in [4.78, 5) is 12.1. The Balaban J connectivity index is 1.70. The molecule has 1 aromatic carbocycles. The number of Topliss-reactive ketones (excluding diaryl/α,β-unsaturated/α-hetero) is 1. The van der Waals surface area contributed by atoms with Crippen LogP contribution in [-0.4, -0.2) is 25.7 Å². The monoisotopic (exact) mass is 278 g/mol. The first-order valence-electron chi connectivity index (χ1n) is 6.87. The van der Waals surface area contributed by atoms with E-state index in [1.54, 1.807) is 0 Å². The van der Waals surface area contributed by atoms with Crippen molar-refractivity contribution in [2.24, 2.45) is 5.92 Å². The molecule has 1 fully saturated rings. The van der Waals surface area contributed by atoms with Crippen molar-refractivity contribution in [1.82, 2.24) is 0 Å². The number of hydrogen-bond acceptors (Lipinski definition) is 3. The lowest BCUT2D eigenvalue weighted by atomic mass is 9.96. The quantitative estimate of drug-likeness (QED) is 0.846. The van der Waals surface area contributed by atoms with Gasteiger partial charge >= 0.3 is 0 Å². The number of sulfone groups is 1. The highest BCUT2D eigenvalue weighted by atomic mass is 32.2. The van der Waals surface area contributed by atoms with Crippen molar-refractivity contribution in [2.45, 2.75) is 32.1 Å². The van der Waals surface area contributed by atoms with Crippen LogP contribution in [0.4, 0.5) is 0 Å². The molecule has 0 spiro atoms. The van der Waals surface area contributed by atoms with Crippen LogP contribution in [0.15, 0.2) is 18.2 Å². The van der Waals surface area contributed by atoms with E-state index in [4.69, 9.17) is 0 Å². The molecule has 0 amide bonds. The van der Waals surface area contributed by atoms with Crippen LogP contribution in [0.2, 0.25) is 0 Å². The number of carbonyl (C=O) groups is 1. The Morgan fingerprint density at radius 1 is 1.21 bits per heavy atom. The van der Waals surface area contributed by atoms with Crippen LogP contribution in [0.5, 0.6) is 0 Å². The molecule has 3 rings (SSSR count). The Bertz CT molecular complexity index is 616. The van der Waals surface area contributed by atoms with Crippen LogP contribution < -0.4 is 0 Å². The predicted molar refractivity (Wildman–Crippen MR) is 73.9 cm³/mol. The standard InChI is InChI=1S/C15H18O3S/c16-15(14-6-7-19(17,18)10-14)9-11-4-5-12-2-1-3-13(12)8-11/h4-5,8,14H,1-3,6-7,9-10H2. The molecule has 0 N–H and O–H groups in total. The summed E-state index contributed by atoms with van der Waals surface area (Å²) in [7, 11) is -2.96. The van der Waals surface area contributed by atoms with Gasteiger partial charge in [0.1, 0.15) is 5.78 Å². The first-order chi connectivity index (χ1) is 9.03. The molecular weight excluding hydrogens is 260 g/mol. The van der Waals surface area contributed by atoms with Crippen molar-refractivity contribution in [3.05, 3.63) is 34.9 Å². The van der Waals surface area contributed by atoms with Crippen LogP contribution in [0.3, 0.4) is 0 Å². The average molecular weight is 278 g/mol. The molecule has 1 aliphatic heterocycles. The number of benzene rings is 1. The molecule has 0 aromatic heterocycles. The Morgan fingerprint density at radius 2 is 2.00 bits per heavy atom. The second-order valence-corrected chi connectivity index (χ2v) is 7.93. The van der Waals surface area contributed by atoms with Gasteiger partial charge in [-0.15, -0.1) is 0 Å². The Kier molecular flexibility index (Phi) is 3.21. The SMILES string of the molecule is O=C(Cc1ccc2c(c1)CCC2)C1CCS(=O)(=O)C1. The molecule has 1 atom stereocenters. The third-order valence-electron chi connectivity index (χ3n) is 4.23. The Labute approximate surface area is 113 Å². The first kappa shape index (κ1) is 12.9. The van der Waals surface area contributed by atoms with Gasteiger partial charge in [-0.2, -0.15) is 0 Å². The maximum atomic E-state index is 12.1. The van der Waals surface area contributed by atoms with E-state index in [1.807, 2.05) is 6.07 Å². The topological polar surface area (TPSA) is 51.2 Å². The van der Waals surface area contributed by atoms with Gasteiger partial charge < -0.3 is 0 Å². The van der Waals surface area contributed by atoms with Crippen molar-refractivity contribution in [2.75, 3.05) is 11.5 Å². The molecule has 102 valence electrons. The first-order valence-corrected chi connectivity index (χ1v) is 8.69. The number of fused-ring (bicyclic) bond motifs is 1. The lowest BCUT2D eigenvalue weighted by Crippen LogP contribution is -2.18. The fraction of sp³-hybridized carbons (Fsp3) is 0.533. The van der Waals surface area contributed by atoms with Gasteiger partial charge in [-0.1, -0.05) is 18.2 Å². The molecule has 4 heteroatoms.